The van der Waals surface area contributed by atoms with Crippen molar-refractivity contribution in [1.29, 1.82) is 0 Å². The molecule has 0 radical (unpaired) electrons. The highest BCUT2D eigenvalue weighted by atomic mass is 35.5. The Balaban J connectivity index is 1.80. The maximum Gasteiger partial charge on any atom is 0.407 e. The van der Waals surface area contributed by atoms with E-state index in [2.05, 4.69) is 5.32 Å². The van der Waals surface area contributed by atoms with Crippen molar-refractivity contribution < 1.29 is 9.90 Å². The minimum absolute atomic E-state index is 0.252. The average Bonchev–Trinajstić information content (AvgIpc) is 2.77. The van der Waals surface area contributed by atoms with Crippen LogP contribution in [-0.2, 0) is 6.54 Å². The van der Waals surface area contributed by atoms with Crippen molar-refractivity contribution in [2.45, 2.75) is 19.0 Å². The highest BCUT2D eigenvalue weighted by Crippen LogP contribution is 2.12. The number of halogens is 1. The van der Waals surface area contributed by atoms with Gasteiger partial charge in [-0.25, -0.2) is 4.79 Å². The van der Waals surface area contributed by atoms with Crippen LogP contribution in [0.25, 0.3) is 0 Å². The summed E-state index contributed by atoms with van der Waals surface area (Å²) in [5.74, 6) is 0. The lowest BCUT2D eigenvalue weighted by Gasteiger charge is -2.13. The Bertz CT molecular complexity index is 394. The fourth-order valence-electron chi connectivity index (χ4n) is 1.97. The van der Waals surface area contributed by atoms with Gasteiger partial charge >= 0.3 is 6.09 Å². The molecule has 5 heteroatoms. The molecule has 1 aromatic carbocycles. The molecule has 0 spiro atoms. The van der Waals surface area contributed by atoms with Crippen LogP contribution in [0, 0.1) is 0 Å². The Morgan fingerprint density at radius 2 is 2.18 bits per heavy atom. The number of amides is 1. The maximum atomic E-state index is 10.7. The summed E-state index contributed by atoms with van der Waals surface area (Å²) in [6, 6.07) is 7.91. The third kappa shape index (κ3) is 3.35. The van der Waals surface area contributed by atoms with Crippen LogP contribution in [0.5, 0.6) is 0 Å². The number of nitrogens with one attached hydrogen (secondary N) is 1. The van der Waals surface area contributed by atoms with Gasteiger partial charge in [-0.2, -0.15) is 0 Å². The summed E-state index contributed by atoms with van der Waals surface area (Å²) in [6.07, 6.45) is 0.0423. The van der Waals surface area contributed by atoms with E-state index in [0.717, 1.165) is 23.6 Å². The van der Waals surface area contributed by atoms with Gasteiger partial charge in [-0.05, 0) is 24.1 Å². The third-order valence-corrected chi connectivity index (χ3v) is 3.22. The summed E-state index contributed by atoms with van der Waals surface area (Å²) in [5, 5.41) is 12.9. The first-order chi connectivity index (χ1) is 8.15. The largest absolute Gasteiger partial charge is 0.465 e. The predicted molar refractivity (Wildman–Crippen MR) is 66.3 cm³/mol. The SMILES string of the molecule is O=C(O)N1CCC(NCc2ccc(Cl)cc2)C1. The minimum atomic E-state index is -0.833. The highest BCUT2D eigenvalue weighted by Gasteiger charge is 2.25. The van der Waals surface area contributed by atoms with Gasteiger partial charge in [0.25, 0.3) is 0 Å². The lowest BCUT2D eigenvalue weighted by atomic mass is 10.2. The molecule has 2 rings (SSSR count). The lowest BCUT2D eigenvalue weighted by molar-refractivity contribution is 0.154. The molecular weight excluding hydrogens is 240 g/mol. The second-order valence-corrected chi connectivity index (χ2v) is 4.66. The molecule has 2 N–H and O–H groups in total. The van der Waals surface area contributed by atoms with E-state index in [1.807, 2.05) is 24.3 Å². The van der Waals surface area contributed by atoms with Gasteiger partial charge in [0.05, 0.1) is 0 Å². The summed E-state index contributed by atoms with van der Waals surface area (Å²) in [7, 11) is 0. The first-order valence-electron chi connectivity index (χ1n) is 5.61. The average molecular weight is 255 g/mol. The van der Waals surface area contributed by atoms with E-state index in [1.165, 1.54) is 4.90 Å². The molecule has 1 fully saturated rings. The van der Waals surface area contributed by atoms with Crippen LogP contribution in [0.1, 0.15) is 12.0 Å². The van der Waals surface area contributed by atoms with Gasteiger partial charge in [-0.1, -0.05) is 23.7 Å². The van der Waals surface area contributed by atoms with Crippen LogP contribution < -0.4 is 5.32 Å². The van der Waals surface area contributed by atoms with Crippen LogP contribution in [0.4, 0.5) is 4.79 Å². The number of carboxylic acid groups (broad SMARTS) is 1. The molecule has 1 aliphatic heterocycles. The zero-order valence-electron chi connectivity index (χ0n) is 9.40. The Hall–Kier alpha value is -1.26. The van der Waals surface area contributed by atoms with E-state index in [0.29, 0.717) is 13.1 Å². The molecule has 1 saturated heterocycles. The van der Waals surface area contributed by atoms with Crippen LogP contribution in [0.2, 0.25) is 5.02 Å². The molecule has 1 aliphatic rings. The number of nitrogens with zero attached hydrogens (tertiary/aromatic N) is 1. The van der Waals surface area contributed by atoms with Crippen molar-refractivity contribution in [3.63, 3.8) is 0 Å². The first-order valence-corrected chi connectivity index (χ1v) is 5.98. The molecule has 0 aromatic heterocycles. The van der Waals surface area contributed by atoms with Gasteiger partial charge in [0.15, 0.2) is 0 Å². The lowest BCUT2D eigenvalue weighted by Crippen LogP contribution is -2.34. The molecule has 1 heterocycles. The van der Waals surface area contributed by atoms with Gasteiger partial charge in [-0.15, -0.1) is 0 Å². The number of carbonyl (C=O) groups is 1. The molecule has 17 heavy (non-hydrogen) atoms. The summed E-state index contributed by atoms with van der Waals surface area (Å²) in [5.41, 5.74) is 1.16. The molecule has 1 amide bonds. The normalized spacial score (nSPS) is 19.6. The molecule has 0 aliphatic carbocycles. The molecule has 0 bridgehead atoms. The van der Waals surface area contributed by atoms with Crippen molar-refractivity contribution >= 4 is 17.7 Å². The molecule has 0 saturated carbocycles. The monoisotopic (exact) mass is 254 g/mol. The van der Waals surface area contributed by atoms with E-state index in [9.17, 15) is 4.79 Å². The second-order valence-electron chi connectivity index (χ2n) is 4.22. The molecule has 1 aromatic rings. The van der Waals surface area contributed by atoms with Crippen LogP contribution >= 0.6 is 11.6 Å². The van der Waals surface area contributed by atoms with Crippen LogP contribution in [-0.4, -0.2) is 35.2 Å². The number of benzene rings is 1. The fourth-order valence-corrected chi connectivity index (χ4v) is 2.09. The van der Waals surface area contributed by atoms with Crippen molar-refractivity contribution in [3.8, 4) is 0 Å². The molecular formula is C12H15ClN2O2. The van der Waals surface area contributed by atoms with Crippen LogP contribution in [0.15, 0.2) is 24.3 Å². The molecule has 4 nitrogen and oxygen atoms in total. The van der Waals surface area contributed by atoms with Gasteiger partial charge in [0.2, 0.25) is 0 Å². The highest BCUT2D eigenvalue weighted by molar-refractivity contribution is 6.30. The first kappa shape index (κ1) is 12.2. The van der Waals surface area contributed by atoms with Crippen molar-refractivity contribution in [3.05, 3.63) is 34.9 Å². The topological polar surface area (TPSA) is 52.6 Å². The van der Waals surface area contributed by atoms with Crippen molar-refractivity contribution in [1.82, 2.24) is 10.2 Å². The Kier molecular flexibility index (Phi) is 3.86. The van der Waals surface area contributed by atoms with E-state index in [-0.39, 0.29) is 6.04 Å². The van der Waals surface area contributed by atoms with Gasteiger partial charge in [-0.3, -0.25) is 0 Å². The maximum absolute atomic E-state index is 10.7. The number of hydrogen-bond acceptors (Lipinski definition) is 2. The smallest absolute Gasteiger partial charge is 0.407 e. The zero-order chi connectivity index (χ0) is 12.3. The summed E-state index contributed by atoms with van der Waals surface area (Å²) >= 11 is 5.80. The Morgan fingerprint density at radius 3 is 2.76 bits per heavy atom. The van der Waals surface area contributed by atoms with E-state index in [4.69, 9.17) is 16.7 Å². The quantitative estimate of drug-likeness (QED) is 0.869. The second kappa shape index (κ2) is 5.38. The van der Waals surface area contributed by atoms with E-state index in [1.54, 1.807) is 0 Å². The number of rotatable bonds is 3. The Morgan fingerprint density at radius 1 is 1.47 bits per heavy atom. The summed E-state index contributed by atoms with van der Waals surface area (Å²) in [6.45, 7) is 1.94. The number of hydrogen-bond donors (Lipinski definition) is 2. The van der Waals surface area contributed by atoms with Gasteiger partial charge in [0, 0.05) is 30.7 Å². The third-order valence-electron chi connectivity index (χ3n) is 2.97. The molecule has 1 atom stereocenters. The van der Waals surface area contributed by atoms with Gasteiger partial charge in [0.1, 0.15) is 0 Å². The predicted octanol–water partition coefficient (Wildman–Crippen LogP) is 2.18. The summed E-state index contributed by atoms with van der Waals surface area (Å²) in [4.78, 5) is 12.2. The number of likely N-dealkylation sites (tertiary alicyclic amines) is 1. The fraction of sp³-hybridized carbons (Fsp3) is 0.417. The van der Waals surface area contributed by atoms with Crippen LogP contribution in [0.3, 0.4) is 0 Å². The van der Waals surface area contributed by atoms with Gasteiger partial charge < -0.3 is 15.3 Å². The zero-order valence-corrected chi connectivity index (χ0v) is 10.2. The van der Waals surface area contributed by atoms with E-state index < -0.39 is 6.09 Å². The molecule has 1 unspecified atom stereocenters. The Labute approximate surface area is 105 Å². The van der Waals surface area contributed by atoms with Crippen molar-refractivity contribution in [2.75, 3.05) is 13.1 Å². The standard InChI is InChI=1S/C12H15ClN2O2/c13-10-3-1-9(2-4-10)7-14-11-5-6-15(8-11)12(16)17/h1-4,11,14H,5-8H2,(H,16,17). The summed E-state index contributed by atoms with van der Waals surface area (Å²) < 4.78 is 0. The van der Waals surface area contributed by atoms with E-state index >= 15 is 0 Å². The van der Waals surface area contributed by atoms with Crippen molar-refractivity contribution in [2.24, 2.45) is 0 Å². The minimum Gasteiger partial charge on any atom is -0.465 e. The molecule has 92 valence electrons.